The number of amides is 2. The first kappa shape index (κ1) is 20.5. The van der Waals surface area contributed by atoms with Crippen molar-refractivity contribution in [3.63, 3.8) is 0 Å². The van der Waals surface area contributed by atoms with E-state index in [1.807, 2.05) is 18.2 Å². The Morgan fingerprint density at radius 2 is 1.93 bits per heavy atom. The molecule has 0 aromatic heterocycles. The predicted molar refractivity (Wildman–Crippen MR) is 108 cm³/mol. The van der Waals surface area contributed by atoms with E-state index < -0.39 is 24.0 Å². The Labute approximate surface area is 173 Å². The van der Waals surface area contributed by atoms with E-state index in [4.69, 9.17) is 25.8 Å². The van der Waals surface area contributed by atoms with Gasteiger partial charge in [0.15, 0.2) is 11.5 Å². The summed E-state index contributed by atoms with van der Waals surface area (Å²) in [6.07, 6.45) is 0. The van der Waals surface area contributed by atoms with Crippen molar-refractivity contribution in [3.8, 4) is 11.5 Å². The fourth-order valence-electron chi connectivity index (χ4n) is 3.13. The number of hydrogen-bond donors (Lipinski definition) is 2. The van der Waals surface area contributed by atoms with Crippen LogP contribution in [-0.2, 0) is 16.1 Å². The highest BCUT2D eigenvalue weighted by Crippen LogP contribution is 2.36. The van der Waals surface area contributed by atoms with Crippen molar-refractivity contribution in [3.05, 3.63) is 70.9 Å². The topological polar surface area (TPSA) is 85.9 Å². The van der Waals surface area contributed by atoms with E-state index in [1.165, 1.54) is 14.2 Å². The number of nitrogens with one attached hydrogen (secondary N) is 2. The lowest BCUT2D eigenvalue weighted by molar-refractivity contribution is -0.145. The number of esters is 1. The molecule has 0 bridgehead atoms. The van der Waals surface area contributed by atoms with Gasteiger partial charge in [-0.05, 0) is 23.8 Å². The molecule has 1 saturated heterocycles. The molecule has 0 radical (unpaired) electrons. The van der Waals surface area contributed by atoms with Crippen LogP contribution >= 0.6 is 11.6 Å². The van der Waals surface area contributed by atoms with E-state index in [0.717, 1.165) is 5.56 Å². The molecule has 1 heterocycles. The minimum atomic E-state index is -0.780. The van der Waals surface area contributed by atoms with Gasteiger partial charge in [0.05, 0.1) is 20.3 Å². The van der Waals surface area contributed by atoms with E-state index in [9.17, 15) is 9.59 Å². The Kier molecular flexibility index (Phi) is 6.29. The summed E-state index contributed by atoms with van der Waals surface area (Å²) in [6.45, 7) is 4.05. The van der Waals surface area contributed by atoms with Gasteiger partial charge in [-0.15, -0.1) is 0 Å². The Hall–Kier alpha value is -3.19. The molecule has 2 atom stereocenters. The fraction of sp³-hybridized carbons (Fsp3) is 0.238. The zero-order valence-corrected chi connectivity index (χ0v) is 16.8. The molecule has 2 amide bonds. The van der Waals surface area contributed by atoms with Gasteiger partial charge in [0.2, 0.25) is 0 Å². The van der Waals surface area contributed by atoms with Crippen LogP contribution in [0, 0.1) is 5.92 Å². The molecule has 0 aliphatic carbocycles. The first-order valence-corrected chi connectivity index (χ1v) is 9.20. The largest absolute Gasteiger partial charge is 0.493 e. The van der Waals surface area contributed by atoms with Crippen molar-refractivity contribution < 1.29 is 23.8 Å². The summed E-state index contributed by atoms with van der Waals surface area (Å²) < 4.78 is 16.2. The number of methoxy groups -OCH3 is 2. The smallest absolute Gasteiger partial charge is 0.319 e. The second kappa shape index (κ2) is 8.87. The number of carbonyl (C=O) groups is 2. The molecule has 3 rings (SSSR count). The maximum atomic E-state index is 12.2. The van der Waals surface area contributed by atoms with Gasteiger partial charge in [0.25, 0.3) is 0 Å². The number of ether oxygens (including phenoxy) is 3. The minimum absolute atomic E-state index is 0.265. The summed E-state index contributed by atoms with van der Waals surface area (Å²) in [4.78, 5) is 24.2. The standard InChI is InChI=1S/C21H21ClN2O5/c1-12-18(20(25)28-3)19(24-21(26)23-12)13-8-9-16(17(10-13)27-2)29-11-14-6-4-5-7-15(14)22/h4-10,18-19H,1,11H2,2-3H3,(H2,23,24,26)/t18-,19+/m0/s1. The average Bonchev–Trinajstić information content (AvgIpc) is 2.72. The van der Waals surface area contributed by atoms with Gasteiger partial charge in [-0.25, -0.2) is 4.79 Å². The zero-order valence-electron chi connectivity index (χ0n) is 16.0. The molecular formula is C21H21ClN2O5. The normalized spacial score (nSPS) is 18.4. The van der Waals surface area contributed by atoms with E-state index in [-0.39, 0.29) is 12.3 Å². The summed E-state index contributed by atoms with van der Waals surface area (Å²) in [5.74, 6) is -0.329. The maximum Gasteiger partial charge on any atom is 0.319 e. The van der Waals surface area contributed by atoms with E-state index in [2.05, 4.69) is 17.2 Å². The van der Waals surface area contributed by atoms with Crippen LogP contribution in [0.1, 0.15) is 17.2 Å². The van der Waals surface area contributed by atoms with Crippen molar-refractivity contribution in [1.29, 1.82) is 0 Å². The lowest BCUT2D eigenvalue weighted by atomic mass is 9.89. The molecule has 1 fully saturated rings. The molecule has 2 N–H and O–H groups in total. The van der Waals surface area contributed by atoms with Crippen molar-refractivity contribution >= 4 is 23.6 Å². The number of halogens is 1. The molecule has 0 spiro atoms. The molecule has 1 aliphatic rings. The summed E-state index contributed by atoms with van der Waals surface area (Å²) in [5, 5.41) is 5.86. The SMILES string of the molecule is C=C1NC(=O)N[C@H](c2ccc(OCc3ccccc3Cl)c(OC)c2)[C@H]1C(=O)OC. The molecule has 2 aromatic rings. The van der Waals surface area contributed by atoms with Crippen LogP contribution in [0.25, 0.3) is 0 Å². The number of hydrogen-bond acceptors (Lipinski definition) is 5. The van der Waals surface area contributed by atoms with E-state index in [0.29, 0.717) is 22.1 Å². The fourth-order valence-corrected chi connectivity index (χ4v) is 3.32. The molecule has 7 nitrogen and oxygen atoms in total. The molecule has 8 heteroatoms. The van der Waals surface area contributed by atoms with Crippen LogP contribution in [0.3, 0.4) is 0 Å². The van der Waals surface area contributed by atoms with Crippen LogP contribution in [0.4, 0.5) is 4.79 Å². The monoisotopic (exact) mass is 416 g/mol. The Morgan fingerprint density at radius 1 is 1.17 bits per heavy atom. The van der Waals surface area contributed by atoms with Crippen molar-refractivity contribution in [1.82, 2.24) is 10.6 Å². The highest BCUT2D eigenvalue weighted by Gasteiger charge is 2.38. The highest BCUT2D eigenvalue weighted by atomic mass is 35.5. The first-order valence-electron chi connectivity index (χ1n) is 8.83. The zero-order chi connectivity index (χ0) is 21.0. The number of urea groups is 1. The minimum Gasteiger partial charge on any atom is -0.493 e. The molecule has 0 unspecified atom stereocenters. The van der Waals surface area contributed by atoms with Crippen LogP contribution in [-0.4, -0.2) is 26.2 Å². The Bertz CT molecular complexity index is 946. The molecule has 0 saturated carbocycles. The van der Waals surface area contributed by atoms with Crippen molar-refractivity contribution in [2.75, 3.05) is 14.2 Å². The number of carbonyl (C=O) groups excluding carboxylic acids is 2. The third-order valence-corrected chi connectivity index (χ3v) is 4.98. The lowest BCUT2D eigenvalue weighted by Gasteiger charge is -2.33. The van der Waals surface area contributed by atoms with E-state index >= 15 is 0 Å². The van der Waals surface area contributed by atoms with Gasteiger partial charge in [-0.2, -0.15) is 0 Å². The molecule has 29 heavy (non-hydrogen) atoms. The molecule has 152 valence electrons. The molecule has 1 aliphatic heterocycles. The summed E-state index contributed by atoms with van der Waals surface area (Å²) in [5.41, 5.74) is 1.76. The van der Waals surface area contributed by atoms with Gasteiger partial charge >= 0.3 is 12.0 Å². The van der Waals surface area contributed by atoms with Gasteiger partial charge in [0, 0.05) is 16.3 Å². The number of rotatable bonds is 6. The molecule has 2 aromatic carbocycles. The van der Waals surface area contributed by atoms with Crippen LogP contribution in [0.5, 0.6) is 11.5 Å². The highest BCUT2D eigenvalue weighted by molar-refractivity contribution is 6.31. The average molecular weight is 417 g/mol. The van der Waals surface area contributed by atoms with Gasteiger partial charge in [0.1, 0.15) is 12.5 Å². The number of benzene rings is 2. The van der Waals surface area contributed by atoms with E-state index in [1.54, 1.807) is 24.3 Å². The summed E-state index contributed by atoms with van der Waals surface area (Å²) >= 11 is 6.17. The Morgan fingerprint density at radius 3 is 2.62 bits per heavy atom. The Balaban J connectivity index is 1.86. The van der Waals surface area contributed by atoms with Crippen molar-refractivity contribution in [2.45, 2.75) is 12.6 Å². The van der Waals surface area contributed by atoms with Gasteiger partial charge in [-0.1, -0.05) is 42.4 Å². The lowest BCUT2D eigenvalue weighted by Crippen LogP contribution is -2.51. The third kappa shape index (κ3) is 4.46. The molecular weight excluding hydrogens is 396 g/mol. The third-order valence-electron chi connectivity index (χ3n) is 4.61. The quantitative estimate of drug-likeness (QED) is 0.703. The van der Waals surface area contributed by atoms with Gasteiger partial charge < -0.3 is 24.8 Å². The van der Waals surface area contributed by atoms with Crippen LogP contribution in [0.2, 0.25) is 5.02 Å². The first-order chi connectivity index (χ1) is 13.9. The predicted octanol–water partition coefficient (Wildman–Crippen LogP) is 3.58. The van der Waals surface area contributed by atoms with Gasteiger partial charge in [-0.3, -0.25) is 4.79 Å². The van der Waals surface area contributed by atoms with Crippen molar-refractivity contribution in [2.24, 2.45) is 5.92 Å². The maximum absolute atomic E-state index is 12.2. The van der Waals surface area contributed by atoms with Crippen LogP contribution in [0.15, 0.2) is 54.7 Å². The van der Waals surface area contributed by atoms with Crippen LogP contribution < -0.4 is 20.1 Å². The summed E-state index contributed by atoms with van der Waals surface area (Å²) in [6, 6.07) is 11.5. The second-order valence-corrected chi connectivity index (χ2v) is 6.80. The second-order valence-electron chi connectivity index (χ2n) is 6.39. The summed E-state index contributed by atoms with van der Waals surface area (Å²) in [7, 11) is 2.80.